The van der Waals surface area contributed by atoms with Crippen LogP contribution in [0.2, 0.25) is 0 Å². The molecule has 1 aliphatic heterocycles. The molecule has 0 bridgehead atoms. The molecule has 1 aliphatic rings. The van der Waals surface area contributed by atoms with E-state index in [9.17, 15) is 4.79 Å². The maximum atomic E-state index is 11.5. The zero-order valence-corrected chi connectivity index (χ0v) is 12.2. The summed E-state index contributed by atoms with van der Waals surface area (Å²) in [5.74, 6) is 0.173. The van der Waals surface area contributed by atoms with E-state index in [4.69, 9.17) is 15.2 Å². The lowest BCUT2D eigenvalue weighted by Gasteiger charge is -2.27. The molecule has 0 radical (unpaired) electrons. The maximum Gasteiger partial charge on any atom is 0.350 e. The SMILES string of the molecule is COC(=O)c1sc(N(C)CC2CCCOC2)cc1N. The van der Waals surface area contributed by atoms with Gasteiger partial charge in [-0.25, -0.2) is 4.79 Å². The number of anilines is 2. The largest absolute Gasteiger partial charge is 0.465 e. The second-order valence-corrected chi connectivity index (χ2v) is 5.86. The summed E-state index contributed by atoms with van der Waals surface area (Å²) in [6.45, 7) is 2.61. The van der Waals surface area contributed by atoms with E-state index in [0.29, 0.717) is 16.5 Å². The third-order valence-corrected chi connectivity index (χ3v) is 4.53. The summed E-state index contributed by atoms with van der Waals surface area (Å²) < 4.78 is 10.2. The number of thiophene rings is 1. The summed E-state index contributed by atoms with van der Waals surface area (Å²) in [4.78, 5) is 14.1. The molecule has 0 aliphatic carbocycles. The molecule has 1 unspecified atom stereocenters. The summed E-state index contributed by atoms with van der Waals surface area (Å²) >= 11 is 1.37. The minimum Gasteiger partial charge on any atom is -0.465 e. The molecule has 1 fully saturated rings. The van der Waals surface area contributed by atoms with E-state index in [2.05, 4.69) is 4.90 Å². The fourth-order valence-corrected chi connectivity index (χ4v) is 3.23. The average Bonchev–Trinajstić information content (AvgIpc) is 2.81. The van der Waals surface area contributed by atoms with Gasteiger partial charge in [0.05, 0.1) is 24.4 Å². The van der Waals surface area contributed by atoms with Gasteiger partial charge in [0.1, 0.15) is 4.88 Å². The number of hydrogen-bond donors (Lipinski definition) is 1. The van der Waals surface area contributed by atoms with Crippen molar-refractivity contribution in [1.29, 1.82) is 0 Å². The van der Waals surface area contributed by atoms with Crippen molar-refractivity contribution in [3.63, 3.8) is 0 Å². The highest BCUT2D eigenvalue weighted by atomic mass is 32.1. The fraction of sp³-hybridized carbons (Fsp3) is 0.615. The molecule has 1 aromatic rings. The highest BCUT2D eigenvalue weighted by molar-refractivity contribution is 7.18. The van der Waals surface area contributed by atoms with Crippen LogP contribution in [0, 0.1) is 5.92 Å². The minimum atomic E-state index is -0.372. The van der Waals surface area contributed by atoms with Crippen molar-refractivity contribution in [3.8, 4) is 0 Å². The Morgan fingerprint density at radius 3 is 3.11 bits per heavy atom. The predicted octanol–water partition coefficient (Wildman–Crippen LogP) is 1.98. The summed E-state index contributed by atoms with van der Waals surface area (Å²) in [5, 5.41) is 0.989. The summed E-state index contributed by atoms with van der Waals surface area (Å²) in [7, 11) is 3.38. The molecule has 1 saturated heterocycles. The average molecular weight is 284 g/mol. The van der Waals surface area contributed by atoms with Gasteiger partial charge in [0.15, 0.2) is 0 Å². The standard InChI is InChI=1S/C13H20N2O3S/c1-15(7-9-4-3-5-18-8-9)11-6-10(14)12(19-11)13(16)17-2/h6,9H,3-5,7-8,14H2,1-2H3. The van der Waals surface area contributed by atoms with Crippen LogP contribution in [0.1, 0.15) is 22.5 Å². The first-order chi connectivity index (χ1) is 9.11. The molecule has 1 aromatic heterocycles. The molecule has 1 atom stereocenters. The van der Waals surface area contributed by atoms with Crippen molar-refractivity contribution >= 4 is 28.0 Å². The number of nitrogens with zero attached hydrogens (tertiary/aromatic N) is 1. The lowest BCUT2D eigenvalue weighted by molar-refractivity contribution is 0.0576. The van der Waals surface area contributed by atoms with E-state index < -0.39 is 0 Å². The molecule has 106 valence electrons. The number of carbonyl (C=O) groups excluding carboxylic acids is 1. The summed E-state index contributed by atoms with van der Waals surface area (Å²) in [6.07, 6.45) is 2.31. The van der Waals surface area contributed by atoms with Gasteiger partial charge in [-0.15, -0.1) is 11.3 Å². The molecule has 0 spiro atoms. The number of carbonyl (C=O) groups is 1. The number of esters is 1. The molecule has 2 rings (SSSR count). The Labute approximate surface area is 117 Å². The number of ether oxygens (including phenoxy) is 2. The van der Waals surface area contributed by atoms with Crippen molar-refractivity contribution in [2.24, 2.45) is 5.92 Å². The number of hydrogen-bond acceptors (Lipinski definition) is 6. The smallest absolute Gasteiger partial charge is 0.350 e. The quantitative estimate of drug-likeness (QED) is 0.856. The molecular formula is C13H20N2O3S. The van der Waals surface area contributed by atoms with Crippen LogP contribution < -0.4 is 10.6 Å². The van der Waals surface area contributed by atoms with Crippen molar-refractivity contribution in [3.05, 3.63) is 10.9 Å². The third-order valence-electron chi connectivity index (χ3n) is 3.28. The van der Waals surface area contributed by atoms with Gasteiger partial charge < -0.3 is 20.1 Å². The first-order valence-corrected chi connectivity index (χ1v) is 7.20. The zero-order chi connectivity index (χ0) is 13.8. The first kappa shape index (κ1) is 14.1. The van der Waals surface area contributed by atoms with Crippen molar-refractivity contribution in [2.45, 2.75) is 12.8 Å². The van der Waals surface area contributed by atoms with Crippen LogP contribution in [0.25, 0.3) is 0 Å². The van der Waals surface area contributed by atoms with Gasteiger partial charge >= 0.3 is 5.97 Å². The number of methoxy groups -OCH3 is 1. The zero-order valence-electron chi connectivity index (χ0n) is 11.3. The molecule has 19 heavy (non-hydrogen) atoms. The van der Waals surface area contributed by atoms with E-state index in [1.54, 1.807) is 0 Å². The Morgan fingerprint density at radius 1 is 1.68 bits per heavy atom. The summed E-state index contributed by atoms with van der Waals surface area (Å²) in [5.41, 5.74) is 6.33. The van der Waals surface area contributed by atoms with Crippen LogP contribution in [0.3, 0.4) is 0 Å². The number of nitrogens with two attached hydrogens (primary N) is 1. The van der Waals surface area contributed by atoms with Gasteiger partial charge in [0, 0.05) is 20.2 Å². The van der Waals surface area contributed by atoms with Gasteiger partial charge in [-0.05, 0) is 24.8 Å². The van der Waals surface area contributed by atoms with Crippen molar-refractivity contribution in [1.82, 2.24) is 0 Å². The van der Waals surface area contributed by atoms with E-state index in [1.165, 1.54) is 24.9 Å². The molecule has 2 N–H and O–H groups in total. The van der Waals surface area contributed by atoms with Gasteiger partial charge in [-0.3, -0.25) is 0 Å². The topological polar surface area (TPSA) is 64.8 Å². The van der Waals surface area contributed by atoms with Gasteiger partial charge in [0.25, 0.3) is 0 Å². The Bertz CT molecular complexity index is 441. The molecule has 0 amide bonds. The van der Waals surface area contributed by atoms with Gasteiger partial charge in [-0.2, -0.15) is 0 Å². The van der Waals surface area contributed by atoms with Gasteiger partial charge in [-0.1, -0.05) is 0 Å². The molecule has 5 nitrogen and oxygen atoms in total. The van der Waals surface area contributed by atoms with Gasteiger partial charge in [0.2, 0.25) is 0 Å². The van der Waals surface area contributed by atoms with Crippen LogP contribution in [0.4, 0.5) is 10.7 Å². The van der Waals surface area contributed by atoms with Crippen LogP contribution >= 0.6 is 11.3 Å². The normalized spacial score (nSPS) is 19.2. The van der Waals surface area contributed by atoms with Crippen LogP contribution in [-0.4, -0.2) is 39.9 Å². The number of rotatable bonds is 4. The predicted molar refractivity (Wildman–Crippen MR) is 76.9 cm³/mol. The van der Waals surface area contributed by atoms with Crippen molar-refractivity contribution < 1.29 is 14.3 Å². The highest BCUT2D eigenvalue weighted by Crippen LogP contribution is 2.32. The Kier molecular flexibility index (Phi) is 4.66. The first-order valence-electron chi connectivity index (χ1n) is 6.38. The minimum absolute atomic E-state index is 0.372. The molecule has 0 aromatic carbocycles. The van der Waals surface area contributed by atoms with E-state index >= 15 is 0 Å². The lowest BCUT2D eigenvalue weighted by atomic mass is 10.0. The highest BCUT2D eigenvalue weighted by Gasteiger charge is 2.20. The van der Waals surface area contributed by atoms with Crippen LogP contribution in [0.5, 0.6) is 0 Å². The summed E-state index contributed by atoms with van der Waals surface area (Å²) in [6, 6.07) is 1.83. The lowest BCUT2D eigenvalue weighted by Crippen LogP contribution is -2.30. The fourth-order valence-electron chi connectivity index (χ4n) is 2.26. The van der Waals surface area contributed by atoms with Crippen molar-refractivity contribution in [2.75, 3.05) is 44.5 Å². The third kappa shape index (κ3) is 3.39. The molecular weight excluding hydrogens is 264 g/mol. The monoisotopic (exact) mass is 284 g/mol. The van der Waals surface area contributed by atoms with Crippen LogP contribution in [-0.2, 0) is 9.47 Å². The second-order valence-electron chi connectivity index (χ2n) is 4.82. The van der Waals surface area contributed by atoms with E-state index in [-0.39, 0.29) is 5.97 Å². The van der Waals surface area contributed by atoms with Crippen LogP contribution in [0.15, 0.2) is 6.07 Å². The molecule has 6 heteroatoms. The Hall–Kier alpha value is -1.27. The molecule has 2 heterocycles. The van der Waals surface area contributed by atoms with E-state index in [0.717, 1.165) is 31.2 Å². The molecule has 0 saturated carbocycles. The Balaban J connectivity index is 2.02. The van der Waals surface area contributed by atoms with E-state index in [1.807, 2.05) is 13.1 Å². The maximum absolute atomic E-state index is 11.5. The Morgan fingerprint density at radius 2 is 2.47 bits per heavy atom. The number of nitrogen functional groups attached to an aromatic ring is 1. The second kappa shape index (κ2) is 6.25.